The number of nitrogens with one attached hydrogen (secondary N) is 1. The van der Waals surface area contributed by atoms with Gasteiger partial charge in [-0.1, -0.05) is 20.8 Å². The zero-order valence-corrected chi connectivity index (χ0v) is 10.4. The first-order chi connectivity index (χ1) is 7.09. The Morgan fingerprint density at radius 1 is 1.40 bits per heavy atom. The highest BCUT2D eigenvalue weighted by Gasteiger charge is 2.11. The first-order valence-corrected chi connectivity index (χ1v) is 5.63. The van der Waals surface area contributed by atoms with Crippen molar-refractivity contribution in [2.75, 3.05) is 39.9 Å². The molecule has 15 heavy (non-hydrogen) atoms. The van der Waals surface area contributed by atoms with Crippen molar-refractivity contribution in [2.45, 2.75) is 20.8 Å². The third kappa shape index (κ3) is 7.33. The van der Waals surface area contributed by atoms with Crippen LogP contribution in [0.15, 0.2) is 0 Å². The minimum atomic E-state index is 0.0664. The quantitative estimate of drug-likeness (QED) is 0.608. The fraction of sp³-hybridized carbons (Fsp3) is 0.909. The number of rotatable bonds is 8. The van der Waals surface area contributed by atoms with E-state index >= 15 is 0 Å². The van der Waals surface area contributed by atoms with Crippen LogP contribution in [0, 0.1) is 5.92 Å². The molecule has 0 aliphatic carbocycles. The molecule has 0 aliphatic rings. The predicted octanol–water partition coefficient (Wildman–Crippen LogP) is 0.727. The molecule has 0 fully saturated rings. The number of likely N-dealkylation sites (N-methyl/N-ethyl adjacent to an activating group) is 2. The molecule has 0 atom stereocenters. The van der Waals surface area contributed by atoms with Crippen LogP contribution in [0.5, 0.6) is 0 Å². The second kappa shape index (κ2) is 8.68. The van der Waals surface area contributed by atoms with Gasteiger partial charge >= 0.3 is 0 Å². The van der Waals surface area contributed by atoms with E-state index in [2.05, 4.69) is 12.2 Å². The van der Waals surface area contributed by atoms with Crippen molar-refractivity contribution in [1.29, 1.82) is 0 Å². The molecule has 0 bridgehead atoms. The van der Waals surface area contributed by atoms with Crippen molar-refractivity contribution < 1.29 is 9.53 Å². The van der Waals surface area contributed by atoms with Crippen LogP contribution < -0.4 is 5.32 Å². The van der Waals surface area contributed by atoms with Crippen molar-refractivity contribution in [1.82, 2.24) is 10.2 Å². The molecule has 4 heteroatoms. The summed E-state index contributed by atoms with van der Waals surface area (Å²) in [5.41, 5.74) is 0. The molecule has 0 saturated heterocycles. The SMILES string of the molecule is CCNCCOCCN(C)C(=O)C(C)C. The number of nitrogens with zero attached hydrogens (tertiary/aromatic N) is 1. The van der Waals surface area contributed by atoms with Gasteiger partial charge in [0.25, 0.3) is 0 Å². The molecule has 0 aromatic heterocycles. The van der Waals surface area contributed by atoms with E-state index < -0.39 is 0 Å². The maximum Gasteiger partial charge on any atom is 0.224 e. The Balaban J connectivity index is 3.39. The Morgan fingerprint density at radius 2 is 2.07 bits per heavy atom. The molecular weight excluding hydrogens is 192 g/mol. The normalized spacial score (nSPS) is 10.7. The number of ether oxygens (including phenoxy) is 1. The zero-order chi connectivity index (χ0) is 11.7. The maximum absolute atomic E-state index is 11.5. The molecule has 0 aromatic rings. The van der Waals surface area contributed by atoms with E-state index in [1.54, 1.807) is 4.90 Å². The van der Waals surface area contributed by atoms with Crippen LogP contribution in [0.25, 0.3) is 0 Å². The predicted molar refractivity (Wildman–Crippen MR) is 61.8 cm³/mol. The van der Waals surface area contributed by atoms with Gasteiger partial charge in [0, 0.05) is 26.1 Å². The summed E-state index contributed by atoms with van der Waals surface area (Å²) in [5.74, 6) is 0.238. The van der Waals surface area contributed by atoms with Gasteiger partial charge in [0.1, 0.15) is 0 Å². The van der Waals surface area contributed by atoms with Crippen molar-refractivity contribution in [2.24, 2.45) is 5.92 Å². The number of amides is 1. The smallest absolute Gasteiger partial charge is 0.224 e. The highest BCUT2D eigenvalue weighted by atomic mass is 16.5. The molecular formula is C11H24N2O2. The van der Waals surface area contributed by atoms with Crippen LogP contribution in [-0.2, 0) is 9.53 Å². The van der Waals surface area contributed by atoms with E-state index in [4.69, 9.17) is 4.74 Å². The Hall–Kier alpha value is -0.610. The van der Waals surface area contributed by atoms with Gasteiger partial charge < -0.3 is 15.0 Å². The molecule has 1 amide bonds. The summed E-state index contributed by atoms with van der Waals surface area (Å²) < 4.78 is 5.38. The second-order valence-corrected chi connectivity index (χ2v) is 3.88. The van der Waals surface area contributed by atoms with Gasteiger partial charge in [-0.25, -0.2) is 0 Å². The van der Waals surface area contributed by atoms with Gasteiger partial charge in [0.15, 0.2) is 0 Å². The Kier molecular flexibility index (Phi) is 8.33. The molecule has 0 heterocycles. The number of hydrogen-bond donors (Lipinski definition) is 1. The molecule has 90 valence electrons. The summed E-state index contributed by atoms with van der Waals surface area (Å²) >= 11 is 0. The monoisotopic (exact) mass is 216 g/mol. The fourth-order valence-corrected chi connectivity index (χ4v) is 1.18. The van der Waals surface area contributed by atoms with E-state index in [0.29, 0.717) is 19.8 Å². The van der Waals surface area contributed by atoms with Crippen LogP contribution in [0.2, 0.25) is 0 Å². The lowest BCUT2D eigenvalue weighted by molar-refractivity contribution is -0.133. The van der Waals surface area contributed by atoms with Crippen LogP contribution in [0.3, 0.4) is 0 Å². The minimum absolute atomic E-state index is 0.0664. The number of hydrogen-bond acceptors (Lipinski definition) is 3. The van der Waals surface area contributed by atoms with E-state index in [1.807, 2.05) is 20.9 Å². The molecule has 1 N–H and O–H groups in total. The molecule has 0 aliphatic heterocycles. The second-order valence-electron chi connectivity index (χ2n) is 3.88. The average Bonchev–Trinajstić information content (AvgIpc) is 2.21. The number of carbonyl (C=O) groups is 1. The van der Waals surface area contributed by atoms with E-state index in [0.717, 1.165) is 13.1 Å². The van der Waals surface area contributed by atoms with Crippen LogP contribution >= 0.6 is 0 Å². The Labute approximate surface area is 93.0 Å². The first-order valence-electron chi connectivity index (χ1n) is 5.63. The molecule has 0 rings (SSSR count). The topological polar surface area (TPSA) is 41.6 Å². The van der Waals surface area contributed by atoms with Crippen LogP contribution in [-0.4, -0.2) is 50.7 Å². The van der Waals surface area contributed by atoms with Crippen molar-refractivity contribution in [3.8, 4) is 0 Å². The van der Waals surface area contributed by atoms with Crippen molar-refractivity contribution in [3.63, 3.8) is 0 Å². The van der Waals surface area contributed by atoms with Gasteiger partial charge in [0.2, 0.25) is 5.91 Å². The summed E-state index contributed by atoms with van der Waals surface area (Å²) in [6, 6.07) is 0. The number of carbonyl (C=O) groups excluding carboxylic acids is 1. The van der Waals surface area contributed by atoms with Crippen molar-refractivity contribution in [3.05, 3.63) is 0 Å². The van der Waals surface area contributed by atoms with Gasteiger partial charge in [-0.3, -0.25) is 4.79 Å². The van der Waals surface area contributed by atoms with E-state index in [1.165, 1.54) is 0 Å². The van der Waals surface area contributed by atoms with Crippen LogP contribution in [0.4, 0.5) is 0 Å². The Bertz CT molecular complexity index is 172. The average molecular weight is 216 g/mol. The summed E-state index contributed by atoms with van der Waals surface area (Å²) in [4.78, 5) is 13.2. The lowest BCUT2D eigenvalue weighted by Crippen LogP contribution is -2.33. The van der Waals surface area contributed by atoms with E-state index in [9.17, 15) is 4.79 Å². The summed E-state index contributed by atoms with van der Waals surface area (Å²) in [6.07, 6.45) is 0. The maximum atomic E-state index is 11.5. The van der Waals surface area contributed by atoms with Gasteiger partial charge in [-0.2, -0.15) is 0 Å². The molecule has 0 unspecified atom stereocenters. The van der Waals surface area contributed by atoms with Crippen LogP contribution in [0.1, 0.15) is 20.8 Å². The van der Waals surface area contributed by atoms with Gasteiger partial charge in [-0.05, 0) is 6.54 Å². The molecule has 0 saturated carbocycles. The zero-order valence-electron chi connectivity index (χ0n) is 10.4. The van der Waals surface area contributed by atoms with Gasteiger partial charge in [-0.15, -0.1) is 0 Å². The lowest BCUT2D eigenvalue weighted by Gasteiger charge is -2.19. The third-order valence-electron chi connectivity index (χ3n) is 2.11. The first kappa shape index (κ1) is 14.4. The lowest BCUT2D eigenvalue weighted by atomic mass is 10.2. The summed E-state index contributed by atoms with van der Waals surface area (Å²) in [5, 5.41) is 3.17. The standard InChI is InChI=1S/C11H24N2O2/c1-5-12-6-8-15-9-7-13(4)11(14)10(2)3/h10,12H,5-9H2,1-4H3. The molecule has 0 radical (unpaired) electrons. The minimum Gasteiger partial charge on any atom is -0.378 e. The largest absolute Gasteiger partial charge is 0.378 e. The summed E-state index contributed by atoms with van der Waals surface area (Å²) in [6.45, 7) is 9.71. The van der Waals surface area contributed by atoms with Gasteiger partial charge in [0.05, 0.1) is 13.2 Å². The highest BCUT2D eigenvalue weighted by molar-refractivity contribution is 5.77. The molecule has 4 nitrogen and oxygen atoms in total. The van der Waals surface area contributed by atoms with E-state index in [-0.39, 0.29) is 11.8 Å². The Morgan fingerprint density at radius 3 is 2.60 bits per heavy atom. The summed E-state index contributed by atoms with van der Waals surface area (Å²) in [7, 11) is 1.82. The molecule has 0 spiro atoms. The third-order valence-corrected chi connectivity index (χ3v) is 2.11. The highest BCUT2D eigenvalue weighted by Crippen LogP contribution is 1.98. The molecule has 0 aromatic carbocycles. The van der Waals surface area contributed by atoms with Crippen molar-refractivity contribution >= 4 is 5.91 Å². The fourth-order valence-electron chi connectivity index (χ4n) is 1.18.